The quantitative estimate of drug-likeness (QED) is 0.778. The molecule has 0 saturated carbocycles. The molecule has 2 N–H and O–H groups in total. The Morgan fingerprint density at radius 1 is 1.33 bits per heavy atom. The largest absolute Gasteiger partial charge is 0.355 e. The molecule has 1 rings (SSSR count). The van der Waals surface area contributed by atoms with Crippen molar-refractivity contribution in [3.05, 3.63) is 35.6 Å². The van der Waals surface area contributed by atoms with E-state index in [0.29, 0.717) is 19.4 Å². The molecule has 0 radical (unpaired) electrons. The molecule has 100 valence electrons. The van der Waals surface area contributed by atoms with E-state index in [9.17, 15) is 9.18 Å². The highest BCUT2D eigenvalue weighted by Gasteiger charge is 2.04. The molecule has 0 fully saturated rings. The predicted octanol–water partition coefficient (Wildman–Crippen LogP) is 1.87. The molecule has 3 nitrogen and oxygen atoms in total. The lowest BCUT2D eigenvalue weighted by atomic mass is 10.1. The summed E-state index contributed by atoms with van der Waals surface area (Å²) in [5.74, 6) is -0.216. The molecule has 0 heterocycles. The third-order valence-electron chi connectivity index (χ3n) is 2.71. The van der Waals surface area contributed by atoms with Gasteiger partial charge in [0.25, 0.3) is 0 Å². The zero-order chi connectivity index (χ0) is 13.4. The molecule has 1 atom stereocenters. The summed E-state index contributed by atoms with van der Waals surface area (Å²) in [5, 5.41) is 6.10. The van der Waals surface area contributed by atoms with Crippen molar-refractivity contribution in [1.82, 2.24) is 10.6 Å². The minimum Gasteiger partial charge on any atom is -0.355 e. The first-order valence-corrected chi connectivity index (χ1v) is 6.36. The van der Waals surface area contributed by atoms with Crippen LogP contribution in [0.2, 0.25) is 0 Å². The van der Waals surface area contributed by atoms with E-state index in [-0.39, 0.29) is 17.8 Å². The van der Waals surface area contributed by atoms with Gasteiger partial charge < -0.3 is 10.6 Å². The van der Waals surface area contributed by atoms with Gasteiger partial charge in [-0.1, -0.05) is 19.1 Å². The highest BCUT2D eigenvalue weighted by atomic mass is 19.1. The second kappa shape index (κ2) is 7.82. The Morgan fingerprint density at radius 3 is 2.61 bits per heavy atom. The number of likely N-dealkylation sites (N-methyl/N-ethyl adjacent to an activating group) is 1. The highest BCUT2D eigenvalue weighted by molar-refractivity contribution is 5.76. The van der Waals surface area contributed by atoms with Crippen LogP contribution in [0.4, 0.5) is 4.39 Å². The average molecular weight is 252 g/mol. The van der Waals surface area contributed by atoms with Crippen molar-refractivity contribution < 1.29 is 9.18 Å². The fourth-order valence-corrected chi connectivity index (χ4v) is 1.68. The molecule has 0 spiro atoms. The van der Waals surface area contributed by atoms with E-state index in [0.717, 1.165) is 12.1 Å². The lowest BCUT2D eigenvalue weighted by Crippen LogP contribution is -2.38. The molecule has 0 saturated heterocycles. The molecule has 0 aliphatic heterocycles. The van der Waals surface area contributed by atoms with Crippen molar-refractivity contribution in [1.29, 1.82) is 0 Å². The lowest BCUT2D eigenvalue weighted by molar-refractivity contribution is -0.121. The molecule has 0 aromatic heterocycles. The Hall–Kier alpha value is -1.42. The molecular formula is C14H21FN2O. The summed E-state index contributed by atoms with van der Waals surface area (Å²) in [6.07, 6.45) is 1.08. The van der Waals surface area contributed by atoms with Gasteiger partial charge in [0.1, 0.15) is 5.82 Å². The molecule has 4 heteroatoms. The fourth-order valence-electron chi connectivity index (χ4n) is 1.68. The minimum atomic E-state index is -0.248. The summed E-state index contributed by atoms with van der Waals surface area (Å²) in [6.45, 7) is 5.60. The average Bonchev–Trinajstić information content (AvgIpc) is 2.36. The van der Waals surface area contributed by atoms with E-state index in [2.05, 4.69) is 10.6 Å². The number of aryl methyl sites for hydroxylation is 1. The van der Waals surface area contributed by atoms with E-state index in [1.807, 2.05) is 13.8 Å². The van der Waals surface area contributed by atoms with Crippen LogP contribution in [0.1, 0.15) is 25.8 Å². The van der Waals surface area contributed by atoms with Crippen molar-refractivity contribution in [2.75, 3.05) is 13.1 Å². The Labute approximate surface area is 108 Å². The normalized spacial score (nSPS) is 12.2. The van der Waals surface area contributed by atoms with Gasteiger partial charge in [-0.2, -0.15) is 0 Å². The molecule has 0 bridgehead atoms. The minimum absolute atomic E-state index is 0.0316. The Morgan fingerprint density at radius 2 is 2.00 bits per heavy atom. The number of amides is 1. The summed E-state index contributed by atoms with van der Waals surface area (Å²) in [5.41, 5.74) is 0.978. The summed E-state index contributed by atoms with van der Waals surface area (Å²) in [4.78, 5) is 11.6. The van der Waals surface area contributed by atoms with Crippen molar-refractivity contribution in [2.24, 2.45) is 0 Å². The van der Waals surface area contributed by atoms with Gasteiger partial charge in [-0.25, -0.2) is 4.39 Å². The van der Waals surface area contributed by atoms with Crippen LogP contribution < -0.4 is 10.6 Å². The Bertz CT molecular complexity index is 365. The fraction of sp³-hybridized carbons (Fsp3) is 0.500. The van der Waals surface area contributed by atoms with Crippen LogP contribution in [0.15, 0.2) is 24.3 Å². The van der Waals surface area contributed by atoms with Crippen LogP contribution in [-0.2, 0) is 11.2 Å². The van der Waals surface area contributed by atoms with Gasteiger partial charge in [-0.15, -0.1) is 0 Å². The summed E-state index contributed by atoms with van der Waals surface area (Å²) in [7, 11) is 0. The maximum absolute atomic E-state index is 12.7. The Balaban J connectivity index is 2.22. The first kappa shape index (κ1) is 14.6. The second-order valence-corrected chi connectivity index (χ2v) is 4.39. The standard InChI is InChI=1S/C14H21FN2O/c1-3-16-11(2)10-17-14(18)9-6-12-4-7-13(15)8-5-12/h4-5,7-8,11,16H,3,6,9-10H2,1-2H3,(H,17,18)/t11-/m1/s1. The topological polar surface area (TPSA) is 41.1 Å². The molecule has 1 aromatic carbocycles. The van der Waals surface area contributed by atoms with Gasteiger partial charge in [0.15, 0.2) is 0 Å². The van der Waals surface area contributed by atoms with Gasteiger partial charge in [0.05, 0.1) is 0 Å². The second-order valence-electron chi connectivity index (χ2n) is 4.39. The van der Waals surface area contributed by atoms with E-state index >= 15 is 0 Å². The van der Waals surface area contributed by atoms with Crippen molar-refractivity contribution in [2.45, 2.75) is 32.7 Å². The monoisotopic (exact) mass is 252 g/mol. The van der Waals surface area contributed by atoms with Crippen LogP contribution >= 0.6 is 0 Å². The number of rotatable bonds is 7. The van der Waals surface area contributed by atoms with Gasteiger partial charge in [-0.05, 0) is 37.6 Å². The molecule has 18 heavy (non-hydrogen) atoms. The SMILES string of the molecule is CCN[C@H](C)CNC(=O)CCc1ccc(F)cc1. The van der Waals surface area contributed by atoms with Crippen molar-refractivity contribution in [3.8, 4) is 0 Å². The molecule has 0 aliphatic rings. The first-order chi connectivity index (χ1) is 8.61. The lowest BCUT2D eigenvalue weighted by Gasteiger charge is -2.13. The molecule has 0 unspecified atom stereocenters. The smallest absolute Gasteiger partial charge is 0.220 e. The van der Waals surface area contributed by atoms with Gasteiger partial charge >= 0.3 is 0 Å². The van der Waals surface area contributed by atoms with Crippen LogP contribution in [0.25, 0.3) is 0 Å². The van der Waals surface area contributed by atoms with Gasteiger partial charge in [0.2, 0.25) is 5.91 Å². The third-order valence-corrected chi connectivity index (χ3v) is 2.71. The number of carbonyl (C=O) groups is 1. The number of nitrogens with one attached hydrogen (secondary N) is 2. The maximum atomic E-state index is 12.7. The molecular weight excluding hydrogens is 231 g/mol. The number of carbonyl (C=O) groups excluding carboxylic acids is 1. The molecule has 1 amide bonds. The number of halogens is 1. The van der Waals surface area contributed by atoms with Gasteiger partial charge in [0, 0.05) is 19.0 Å². The van der Waals surface area contributed by atoms with Crippen LogP contribution in [-0.4, -0.2) is 25.0 Å². The van der Waals surface area contributed by atoms with Crippen molar-refractivity contribution >= 4 is 5.91 Å². The Kier molecular flexibility index (Phi) is 6.36. The third kappa shape index (κ3) is 5.77. The van der Waals surface area contributed by atoms with E-state index < -0.39 is 0 Å². The van der Waals surface area contributed by atoms with Crippen LogP contribution in [0.5, 0.6) is 0 Å². The van der Waals surface area contributed by atoms with E-state index in [4.69, 9.17) is 0 Å². The first-order valence-electron chi connectivity index (χ1n) is 6.36. The van der Waals surface area contributed by atoms with Gasteiger partial charge in [-0.3, -0.25) is 4.79 Å². The number of hydrogen-bond acceptors (Lipinski definition) is 2. The molecule has 0 aliphatic carbocycles. The highest BCUT2D eigenvalue weighted by Crippen LogP contribution is 2.05. The predicted molar refractivity (Wildman–Crippen MR) is 70.9 cm³/mol. The number of hydrogen-bond donors (Lipinski definition) is 2. The van der Waals surface area contributed by atoms with E-state index in [1.54, 1.807) is 12.1 Å². The van der Waals surface area contributed by atoms with Crippen molar-refractivity contribution in [3.63, 3.8) is 0 Å². The zero-order valence-electron chi connectivity index (χ0n) is 11.0. The number of benzene rings is 1. The maximum Gasteiger partial charge on any atom is 0.220 e. The van der Waals surface area contributed by atoms with Crippen LogP contribution in [0.3, 0.4) is 0 Å². The summed E-state index contributed by atoms with van der Waals surface area (Å²) in [6, 6.07) is 6.54. The van der Waals surface area contributed by atoms with E-state index in [1.165, 1.54) is 12.1 Å². The summed E-state index contributed by atoms with van der Waals surface area (Å²) >= 11 is 0. The zero-order valence-corrected chi connectivity index (χ0v) is 11.0. The molecule has 1 aromatic rings. The van der Waals surface area contributed by atoms with Crippen LogP contribution in [0, 0.1) is 5.82 Å². The summed E-state index contributed by atoms with van der Waals surface area (Å²) < 4.78 is 12.7.